The minimum atomic E-state index is 0.918. The molecule has 0 fully saturated rings. The molecule has 0 amide bonds. The number of hydrogen-bond donors (Lipinski definition) is 1. The summed E-state index contributed by atoms with van der Waals surface area (Å²) in [4.78, 5) is 8.29. The second kappa shape index (κ2) is 4.71. The first-order valence-corrected chi connectivity index (χ1v) is 7.03. The lowest BCUT2D eigenvalue weighted by molar-refractivity contribution is 0.639. The molecule has 0 unspecified atom stereocenters. The molecule has 94 valence electrons. The Balaban J connectivity index is 1.92. The summed E-state index contributed by atoms with van der Waals surface area (Å²) in [6.45, 7) is 2.00. The van der Waals surface area contributed by atoms with E-state index in [0.717, 1.165) is 24.5 Å². The Morgan fingerprint density at radius 1 is 1.22 bits per heavy atom. The number of hydrogen-bond acceptors (Lipinski definition) is 4. The van der Waals surface area contributed by atoms with Crippen LogP contribution in [0.1, 0.15) is 10.6 Å². The SMILES string of the molecule is CN(C)c1ccc(-c2nc3c(s2)CCNC3)cc1. The van der Waals surface area contributed by atoms with Crippen molar-refractivity contribution in [3.8, 4) is 10.6 Å². The topological polar surface area (TPSA) is 28.2 Å². The van der Waals surface area contributed by atoms with E-state index in [2.05, 4.69) is 48.6 Å². The molecule has 0 spiro atoms. The van der Waals surface area contributed by atoms with Crippen LogP contribution in [0.5, 0.6) is 0 Å². The first-order valence-electron chi connectivity index (χ1n) is 6.21. The van der Waals surface area contributed by atoms with Crippen molar-refractivity contribution in [3.63, 3.8) is 0 Å². The minimum absolute atomic E-state index is 0.918. The number of nitrogens with zero attached hydrogens (tertiary/aromatic N) is 2. The summed E-state index contributed by atoms with van der Waals surface area (Å²) in [5.74, 6) is 0. The predicted molar refractivity (Wildman–Crippen MR) is 77.3 cm³/mol. The Morgan fingerprint density at radius 2 is 2.00 bits per heavy atom. The first kappa shape index (κ1) is 11.7. The summed E-state index contributed by atoms with van der Waals surface area (Å²) in [6, 6.07) is 8.61. The molecule has 3 nitrogen and oxygen atoms in total. The van der Waals surface area contributed by atoms with Gasteiger partial charge in [-0.05, 0) is 30.7 Å². The third-order valence-electron chi connectivity index (χ3n) is 3.23. The van der Waals surface area contributed by atoms with E-state index in [-0.39, 0.29) is 0 Å². The van der Waals surface area contributed by atoms with Crippen molar-refractivity contribution in [2.45, 2.75) is 13.0 Å². The lowest BCUT2D eigenvalue weighted by atomic mass is 10.2. The molecule has 1 aliphatic rings. The highest BCUT2D eigenvalue weighted by atomic mass is 32.1. The molecule has 2 aromatic rings. The van der Waals surface area contributed by atoms with Crippen LogP contribution in [0.2, 0.25) is 0 Å². The summed E-state index contributed by atoms with van der Waals surface area (Å²) >= 11 is 1.84. The molecule has 0 saturated carbocycles. The first-order chi connectivity index (χ1) is 8.74. The monoisotopic (exact) mass is 259 g/mol. The molecule has 2 heterocycles. The van der Waals surface area contributed by atoms with Gasteiger partial charge in [0.2, 0.25) is 0 Å². The average Bonchev–Trinajstić information content (AvgIpc) is 2.82. The van der Waals surface area contributed by atoms with E-state index in [4.69, 9.17) is 4.98 Å². The van der Waals surface area contributed by atoms with Crippen LogP contribution in [0.3, 0.4) is 0 Å². The third-order valence-corrected chi connectivity index (χ3v) is 4.44. The Kier molecular flexibility index (Phi) is 3.06. The largest absolute Gasteiger partial charge is 0.378 e. The van der Waals surface area contributed by atoms with Crippen LogP contribution >= 0.6 is 11.3 Å². The molecular weight excluding hydrogens is 242 g/mol. The van der Waals surface area contributed by atoms with Crippen LogP contribution in [0.4, 0.5) is 5.69 Å². The van der Waals surface area contributed by atoms with Crippen LogP contribution in [0, 0.1) is 0 Å². The van der Waals surface area contributed by atoms with Crippen molar-refractivity contribution in [1.29, 1.82) is 0 Å². The molecule has 0 bridgehead atoms. The number of rotatable bonds is 2. The molecule has 1 aromatic heterocycles. The van der Waals surface area contributed by atoms with E-state index in [9.17, 15) is 0 Å². The zero-order chi connectivity index (χ0) is 12.5. The van der Waals surface area contributed by atoms with Crippen LogP contribution < -0.4 is 10.2 Å². The van der Waals surface area contributed by atoms with Crippen molar-refractivity contribution in [2.75, 3.05) is 25.5 Å². The summed E-state index contributed by atoms with van der Waals surface area (Å²) in [5.41, 5.74) is 3.68. The standard InChI is InChI=1S/C14H17N3S/c1-17(2)11-5-3-10(4-6-11)14-16-12-9-15-8-7-13(12)18-14/h3-6,15H,7-9H2,1-2H3. The Labute approximate surface area is 111 Å². The highest BCUT2D eigenvalue weighted by molar-refractivity contribution is 7.15. The Morgan fingerprint density at radius 3 is 2.67 bits per heavy atom. The minimum Gasteiger partial charge on any atom is -0.378 e. The highest BCUT2D eigenvalue weighted by Crippen LogP contribution is 2.30. The van der Waals surface area contributed by atoms with Gasteiger partial charge >= 0.3 is 0 Å². The maximum atomic E-state index is 4.74. The van der Waals surface area contributed by atoms with Crippen LogP contribution in [0.25, 0.3) is 10.6 Å². The van der Waals surface area contributed by atoms with Crippen LogP contribution in [-0.4, -0.2) is 25.6 Å². The third kappa shape index (κ3) is 2.13. The second-order valence-electron chi connectivity index (χ2n) is 4.76. The van der Waals surface area contributed by atoms with Crippen LogP contribution in [-0.2, 0) is 13.0 Å². The van der Waals surface area contributed by atoms with Crippen molar-refractivity contribution in [2.24, 2.45) is 0 Å². The maximum Gasteiger partial charge on any atom is 0.123 e. The van der Waals surface area contributed by atoms with Gasteiger partial charge in [0.1, 0.15) is 5.01 Å². The molecule has 0 aliphatic carbocycles. The van der Waals surface area contributed by atoms with Gasteiger partial charge in [-0.2, -0.15) is 0 Å². The van der Waals surface area contributed by atoms with Gasteiger partial charge in [0, 0.05) is 43.3 Å². The van der Waals surface area contributed by atoms with Crippen LogP contribution in [0.15, 0.2) is 24.3 Å². The van der Waals surface area contributed by atoms with Gasteiger partial charge in [0.25, 0.3) is 0 Å². The number of fused-ring (bicyclic) bond motifs is 1. The quantitative estimate of drug-likeness (QED) is 0.898. The molecule has 1 N–H and O–H groups in total. The molecule has 3 rings (SSSR count). The molecule has 0 saturated heterocycles. The second-order valence-corrected chi connectivity index (χ2v) is 5.84. The molecule has 0 radical (unpaired) electrons. The van der Waals surface area contributed by atoms with Gasteiger partial charge in [0.15, 0.2) is 0 Å². The van der Waals surface area contributed by atoms with E-state index in [0.29, 0.717) is 0 Å². The molecule has 1 aromatic carbocycles. The lowest BCUT2D eigenvalue weighted by Gasteiger charge is -2.11. The zero-order valence-electron chi connectivity index (χ0n) is 10.7. The number of thiazole rings is 1. The summed E-state index contributed by atoms with van der Waals surface area (Å²) in [6.07, 6.45) is 1.11. The van der Waals surface area contributed by atoms with Crippen molar-refractivity contribution in [1.82, 2.24) is 10.3 Å². The van der Waals surface area contributed by atoms with E-state index in [1.165, 1.54) is 21.8 Å². The predicted octanol–water partition coefficient (Wildman–Crippen LogP) is 2.52. The Bertz CT molecular complexity index is 519. The van der Waals surface area contributed by atoms with Gasteiger partial charge < -0.3 is 10.2 Å². The van der Waals surface area contributed by atoms with Gasteiger partial charge in [-0.3, -0.25) is 0 Å². The normalized spacial score (nSPS) is 14.3. The Hall–Kier alpha value is -1.39. The molecule has 0 atom stereocenters. The van der Waals surface area contributed by atoms with Crippen molar-refractivity contribution < 1.29 is 0 Å². The highest BCUT2D eigenvalue weighted by Gasteiger charge is 2.15. The summed E-state index contributed by atoms with van der Waals surface area (Å²) in [7, 11) is 4.12. The lowest BCUT2D eigenvalue weighted by Crippen LogP contribution is -2.22. The molecule has 18 heavy (non-hydrogen) atoms. The molecular formula is C14H17N3S. The molecule has 1 aliphatic heterocycles. The van der Waals surface area contributed by atoms with E-state index < -0.39 is 0 Å². The smallest absolute Gasteiger partial charge is 0.123 e. The number of aromatic nitrogens is 1. The van der Waals surface area contributed by atoms with Crippen molar-refractivity contribution in [3.05, 3.63) is 34.8 Å². The fourth-order valence-electron chi connectivity index (χ4n) is 2.15. The van der Waals surface area contributed by atoms with E-state index in [1.807, 2.05) is 11.3 Å². The van der Waals surface area contributed by atoms with E-state index >= 15 is 0 Å². The summed E-state index contributed by atoms with van der Waals surface area (Å²) in [5, 5.41) is 4.51. The van der Waals surface area contributed by atoms with Gasteiger partial charge in [-0.1, -0.05) is 0 Å². The van der Waals surface area contributed by atoms with Crippen molar-refractivity contribution >= 4 is 17.0 Å². The number of nitrogens with one attached hydrogen (secondary N) is 1. The number of anilines is 1. The fraction of sp³-hybridized carbons (Fsp3) is 0.357. The van der Waals surface area contributed by atoms with Gasteiger partial charge in [0.05, 0.1) is 5.69 Å². The van der Waals surface area contributed by atoms with Gasteiger partial charge in [-0.25, -0.2) is 4.98 Å². The van der Waals surface area contributed by atoms with E-state index in [1.54, 1.807) is 0 Å². The number of benzene rings is 1. The maximum absolute atomic E-state index is 4.74. The average molecular weight is 259 g/mol. The summed E-state index contributed by atoms with van der Waals surface area (Å²) < 4.78 is 0. The molecule has 4 heteroatoms. The fourth-order valence-corrected chi connectivity index (χ4v) is 3.23. The zero-order valence-corrected chi connectivity index (χ0v) is 11.5. The van der Waals surface area contributed by atoms with Gasteiger partial charge in [-0.15, -0.1) is 11.3 Å².